The summed E-state index contributed by atoms with van der Waals surface area (Å²) in [5.41, 5.74) is -1.12. The third-order valence-corrected chi connectivity index (χ3v) is 9.65. The van der Waals surface area contributed by atoms with Crippen LogP contribution in [0.25, 0.3) is 11.0 Å². The lowest BCUT2D eigenvalue weighted by Crippen LogP contribution is -2.50. The van der Waals surface area contributed by atoms with Crippen LogP contribution in [0.4, 0.5) is 19.4 Å². The molecule has 41 heavy (non-hydrogen) atoms. The maximum Gasteiger partial charge on any atom is 0.407 e. The van der Waals surface area contributed by atoms with Crippen molar-refractivity contribution in [2.24, 2.45) is 5.92 Å². The van der Waals surface area contributed by atoms with Gasteiger partial charge in [-0.05, 0) is 37.5 Å². The maximum absolute atomic E-state index is 15.1. The second-order valence-electron chi connectivity index (χ2n) is 10.8. The van der Waals surface area contributed by atoms with Crippen molar-refractivity contribution in [3.05, 3.63) is 63.7 Å². The summed E-state index contributed by atoms with van der Waals surface area (Å²) < 4.78 is 54.2. The van der Waals surface area contributed by atoms with E-state index < -0.39 is 51.2 Å². The molecule has 5 rings (SSSR count). The molecule has 1 amide bonds. The zero-order chi connectivity index (χ0) is 29.6. The molecule has 3 aromatic rings. The number of fused-ring (bicyclic) bond motifs is 1. The number of anilines is 1. The molecule has 4 heterocycles. The summed E-state index contributed by atoms with van der Waals surface area (Å²) in [4.78, 5) is 36.1. The molecule has 0 unspecified atom stereocenters. The van der Waals surface area contributed by atoms with E-state index in [2.05, 4.69) is 26.3 Å². The molecule has 2 saturated heterocycles. The van der Waals surface area contributed by atoms with E-state index in [1.54, 1.807) is 13.0 Å². The molecule has 2 aliphatic heterocycles. The first-order valence-corrected chi connectivity index (χ1v) is 14.9. The monoisotopic (exact) mass is 586 g/mol. The van der Waals surface area contributed by atoms with E-state index in [4.69, 9.17) is 5.11 Å². The van der Waals surface area contributed by atoms with Gasteiger partial charge in [0.1, 0.15) is 27.6 Å². The molecule has 0 bridgehead atoms. The van der Waals surface area contributed by atoms with E-state index in [9.17, 15) is 23.3 Å². The summed E-state index contributed by atoms with van der Waals surface area (Å²) in [6, 6.07) is 9.13. The lowest BCUT2D eigenvalue weighted by Gasteiger charge is -2.38. The number of nitrogens with one attached hydrogen (secondary N) is 2. The van der Waals surface area contributed by atoms with Crippen molar-refractivity contribution in [1.82, 2.24) is 19.9 Å². The lowest BCUT2D eigenvalue weighted by molar-refractivity contribution is -0.0528. The molecule has 1 atom stereocenters. The number of nitriles is 1. The van der Waals surface area contributed by atoms with Gasteiger partial charge < -0.3 is 20.3 Å². The fourth-order valence-corrected chi connectivity index (χ4v) is 7.00. The van der Waals surface area contributed by atoms with Gasteiger partial charge in [0.15, 0.2) is 0 Å². The Morgan fingerprint density at radius 1 is 1.29 bits per heavy atom. The van der Waals surface area contributed by atoms with Gasteiger partial charge in [-0.25, -0.2) is 32.0 Å². The number of H-pyrrole nitrogens is 1. The first kappa shape index (κ1) is 28.4. The van der Waals surface area contributed by atoms with Crippen LogP contribution < -0.4 is 10.9 Å². The molecule has 0 spiro atoms. The highest BCUT2D eigenvalue weighted by Crippen LogP contribution is 2.39. The fraction of sp³-hybridized carbons (Fsp3) is 0.444. The van der Waals surface area contributed by atoms with Crippen molar-refractivity contribution in [3.8, 4) is 6.07 Å². The molecule has 2 aliphatic rings. The van der Waals surface area contributed by atoms with E-state index in [1.807, 2.05) is 0 Å². The zero-order valence-electron chi connectivity index (χ0n) is 22.1. The van der Waals surface area contributed by atoms with E-state index in [0.29, 0.717) is 16.8 Å². The molecule has 14 heteroatoms. The summed E-state index contributed by atoms with van der Waals surface area (Å²) in [5, 5.41) is 22.5. The second-order valence-corrected chi connectivity index (χ2v) is 13.1. The first-order valence-electron chi connectivity index (χ1n) is 13.1. The topological polar surface area (TPSA) is 169 Å². The summed E-state index contributed by atoms with van der Waals surface area (Å²) >= 11 is 0. The lowest BCUT2D eigenvalue weighted by atomic mass is 9.77. The number of aromatic amines is 1. The number of aromatic nitrogens is 3. The van der Waals surface area contributed by atoms with E-state index >= 15 is 8.78 Å². The minimum absolute atomic E-state index is 0.0104. The summed E-state index contributed by atoms with van der Waals surface area (Å²) in [5.74, 6) is -3.68. The molecule has 0 radical (unpaired) electrons. The number of carbonyl (C=O) groups is 1. The molecule has 216 valence electrons. The molecule has 0 saturated carbocycles. The largest absolute Gasteiger partial charge is 0.465 e. The highest BCUT2D eigenvalue weighted by Gasteiger charge is 2.42. The minimum Gasteiger partial charge on any atom is -0.465 e. The Bertz CT molecular complexity index is 1700. The van der Waals surface area contributed by atoms with Crippen molar-refractivity contribution in [2.75, 3.05) is 29.9 Å². The number of hydrogen-bond donors (Lipinski definition) is 3. The quantitative estimate of drug-likeness (QED) is 0.375. The molecule has 1 aromatic carbocycles. The highest BCUT2D eigenvalue weighted by molar-refractivity contribution is 7.91. The number of carboxylic acid groups (broad SMARTS) is 1. The Labute approximate surface area is 234 Å². The van der Waals surface area contributed by atoms with Crippen molar-refractivity contribution in [2.45, 2.75) is 43.6 Å². The van der Waals surface area contributed by atoms with Gasteiger partial charge >= 0.3 is 6.09 Å². The number of benzene rings is 1. The van der Waals surface area contributed by atoms with Crippen LogP contribution in [-0.2, 0) is 21.2 Å². The van der Waals surface area contributed by atoms with Crippen LogP contribution in [-0.4, -0.2) is 64.1 Å². The average molecular weight is 587 g/mol. The SMILES string of the molecule is C[C@@H](Nc1ncnc2[nH]c(=O)c(C3(C#N)CCS(=O)(=O)CC3)cc12)c1cccc(C(F)(F)CC2CN(C(=O)O)C2)c1. The smallest absolute Gasteiger partial charge is 0.407 e. The molecular formula is C27H28F2N6O5S. The molecule has 2 fully saturated rings. The maximum atomic E-state index is 15.1. The Balaban J connectivity index is 1.40. The van der Waals surface area contributed by atoms with Crippen LogP contribution in [0, 0.1) is 17.2 Å². The Hall–Kier alpha value is -4.12. The van der Waals surface area contributed by atoms with Gasteiger partial charge in [0.05, 0.1) is 28.4 Å². The number of alkyl halides is 2. The van der Waals surface area contributed by atoms with Crippen LogP contribution in [0.15, 0.2) is 41.5 Å². The predicted molar refractivity (Wildman–Crippen MR) is 145 cm³/mol. The number of amides is 1. The predicted octanol–water partition coefficient (Wildman–Crippen LogP) is 3.55. The molecule has 3 N–H and O–H groups in total. The first-order chi connectivity index (χ1) is 19.3. The van der Waals surface area contributed by atoms with Gasteiger partial charge in [0.25, 0.3) is 11.5 Å². The number of sulfone groups is 1. The Morgan fingerprint density at radius 3 is 2.66 bits per heavy atom. The van der Waals surface area contributed by atoms with Gasteiger partial charge in [0, 0.05) is 42.6 Å². The highest BCUT2D eigenvalue weighted by atomic mass is 32.2. The van der Waals surface area contributed by atoms with E-state index in [1.165, 1.54) is 30.6 Å². The zero-order valence-corrected chi connectivity index (χ0v) is 22.9. The van der Waals surface area contributed by atoms with Crippen LogP contribution in [0.1, 0.15) is 48.9 Å². The Kier molecular flexibility index (Phi) is 7.19. The third kappa shape index (κ3) is 5.58. The fourth-order valence-electron chi connectivity index (χ4n) is 5.47. The summed E-state index contributed by atoms with van der Waals surface area (Å²) in [6.07, 6.45) is -0.359. The van der Waals surface area contributed by atoms with Gasteiger partial charge in [0.2, 0.25) is 0 Å². The number of rotatable bonds is 7. The van der Waals surface area contributed by atoms with Crippen molar-refractivity contribution in [3.63, 3.8) is 0 Å². The summed E-state index contributed by atoms with van der Waals surface area (Å²) in [7, 11) is -3.29. The number of halogens is 2. The number of hydrogen-bond acceptors (Lipinski definition) is 8. The molecular weight excluding hydrogens is 558 g/mol. The van der Waals surface area contributed by atoms with Crippen molar-refractivity contribution >= 4 is 32.8 Å². The van der Waals surface area contributed by atoms with Gasteiger partial charge in [-0.2, -0.15) is 5.26 Å². The van der Waals surface area contributed by atoms with Crippen LogP contribution in [0.3, 0.4) is 0 Å². The van der Waals surface area contributed by atoms with Gasteiger partial charge in [-0.1, -0.05) is 18.2 Å². The molecule has 11 nitrogen and oxygen atoms in total. The molecule has 2 aromatic heterocycles. The molecule has 0 aliphatic carbocycles. The number of likely N-dealkylation sites (tertiary alicyclic amines) is 1. The van der Waals surface area contributed by atoms with Crippen molar-refractivity contribution in [1.29, 1.82) is 5.26 Å². The van der Waals surface area contributed by atoms with E-state index in [0.717, 1.165) is 4.90 Å². The average Bonchev–Trinajstić information content (AvgIpc) is 2.91. The van der Waals surface area contributed by atoms with E-state index in [-0.39, 0.29) is 54.2 Å². The number of nitrogens with zero attached hydrogens (tertiary/aromatic N) is 4. The standard InChI is InChI=1S/C27H28F2N6O5S/c1-16(18-3-2-4-19(9-18)27(28,29)11-17-12-35(13-17)25(37)38)33-22-20-10-21(24(36)34-23(20)32-15-31-22)26(14-30)5-7-41(39,40)8-6-26/h2-4,9-10,15-17H,5-8,11-13H2,1H3,(H,37,38)(H2,31,32,33,34,36)/t16-/m1/s1. The van der Waals surface area contributed by atoms with Crippen LogP contribution >= 0.6 is 0 Å². The third-order valence-electron chi connectivity index (χ3n) is 7.99. The number of pyridine rings is 1. The van der Waals surface area contributed by atoms with Gasteiger partial charge in [-0.15, -0.1) is 0 Å². The van der Waals surface area contributed by atoms with Crippen LogP contribution in [0.5, 0.6) is 0 Å². The Morgan fingerprint density at radius 2 is 2.00 bits per heavy atom. The van der Waals surface area contributed by atoms with Crippen molar-refractivity contribution < 1.29 is 27.1 Å². The second kappa shape index (κ2) is 10.4. The normalized spacial score (nSPS) is 19.2. The van der Waals surface area contributed by atoms with Gasteiger partial charge in [-0.3, -0.25) is 4.79 Å². The summed E-state index contributed by atoms with van der Waals surface area (Å²) in [6.45, 7) is 1.92. The van der Waals surface area contributed by atoms with Crippen LogP contribution in [0.2, 0.25) is 0 Å². The minimum atomic E-state index is -3.29.